The zero-order valence-electron chi connectivity index (χ0n) is 13.8. The van der Waals surface area contributed by atoms with Gasteiger partial charge in [0.05, 0.1) is 6.04 Å². The molecule has 0 spiro atoms. The smallest absolute Gasteiger partial charge is 0.286 e. The number of carbonyl (C=O) groups is 2. The molecule has 0 bridgehead atoms. The predicted octanol–water partition coefficient (Wildman–Crippen LogP) is 3.93. The first kappa shape index (κ1) is 18.0. The first-order valence-electron chi connectivity index (χ1n) is 7.79. The highest BCUT2D eigenvalue weighted by atomic mass is 35.5. The molecule has 1 heterocycles. The molecule has 0 aliphatic rings. The Morgan fingerprint density at radius 3 is 2.38 bits per heavy atom. The minimum Gasteiger partial charge on any atom is -0.343 e. The summed E-state index contributed by atoms with van der Waals surface area (Å²) in [5.41, 5.74) is 1.52. The molecule has 26 heavy (non-hydrogen) atoms. The Balaban J connectivity index is 1.65. The molecule has 0 saturated carbocycles. The molecule has 1 atom stereocenters. The van der Waals surface area contributed by atoms with Crippen molar-refractivity contribution in [3.8, 4) is 0 Å². The highest BCUT2D eigenvalue weighted by Gasteiger charge is 2.19. The molecule has 6 nitrogen and oxygen atoms in total. The fourth-order valence-electron chi connectivity index (χ4n) is 2.24. The summed E-state index contributed by atoms with van der Waals surface area (Å²) in [6.07, 6.45) is 0. The Morgan fingerprint density at radius 2 is 1.69 bits per heavy atom. The summed E-state index contributed by atoms with van der Waals surface area (Å²) in [4.78, 5) is 24.5. The van der Waals surface area contributed by atoms with Crippen molar-refractivity contribution in [3.63, 3.8) is 0 Å². The van der Waals surface area contributed by atoms with E-state index in [0.29, 0.717) is 10.7 Å². The molecule has 0 aliphatic heterocycles. The fourth-order valence-corrected chi connectivity index (χ4v) is 3.07. The molecule has 8 heteroatoms. The van der Waals surface area contributed by atoms with Crippen molar-refractivity contribution in [2.24, 2.45) is 0 Å². The van der Waals surface area contributed by atoms with Crippen LogP contribution in [0.25, 0.3) is 0 Å². The highest BCUT2D eigenvalue weighted by molar-refractivity contribution is 7.15. The molecule has 1 aromatic heterocycles. The van der Waals surface area contributed by atoms with Gasteiger partial charge in [0, 0.05) is 10.7 Å². The van der Waals surface area contributed by atoms with E-state index in [9.17, 15) is 9.59 Å². The molecule has 0 saturated heterocycles. The SMILES string of the molecule is C[C@H](NC(=O)c1nnc(C(=O)Nc2cccc(Cl)c2)s1)c1ccccc1. The van der Waals surface area contributed by atoms with E-state index in [-0.39, 0.29) is 22.0 Å². The number of amides is 2. The number of rotatable bonds is 5. The van der Waals surface area contributed by atoms with E-state index < -0.39 is 5.91 Å². The van der Waals surface area contributed by atoms with Gasteiger partial charge in [0.25, 0.3) is 11.8 Å². The number of carbonyl (C=O) groups excluding carboxylic acids is 2. The second-order valence-corrected chi connectivity index (χ2v) is 6.90. The van der Waals surface area contributed by atoms with Crippen LogP contribution in [-0.4, -0.2) is 22.0 Å². The molecular weight excluding hydrogens is 372 g/mol. The second kappa shape index (κ2) is 8.07. The third-order valence-electron chi connectivity index (χ3n) is 3.54. The van der Waals surface area contributed by atoms with Gasteiger partial charge in [-0.05, 0) is 30.7 Å². The van der Waals surface area contributed by atoms with Gasteiger partial charge >= 0.3 is 0 Å². The Kier molecular flexibility index (Phi) is 5.60. The molecule has 0 radical (unpaired) electrons. The summed E-state index contributed by atoms with van der Waals surface area (Å²) in [6, 6.07) is 16.1. The predicted molar refractivity (Wildman–Crippen MR) is 102 cm³/mol. The number of hydrogen-bond donors (Lipinski definition) is 2. The average molecular weight is 387 g/mol. The number of hydrogen-bond acceptors (Lipinski definition) is 5. The Morgan fingerprint density at radius 1 is 1.00 bits per heavy atom. The topological polar surface area (TPSA) is 84.0 Å². The lowest BCUT2D eigenvalue weighted by molar-refractivity contribution is 0.0937. The number of aromatic nitrogens is 2. The van der Waals surface area contributed by atoms with Crippen LogP contribution in [-0.2, 0) is 0 Å². The van der Waals surface area contributed by atoms with Gasteiger partial charge in [-0.1, -0.05) is 59.3 Å². The number of nitrogens with zero attached hydrogens (tertiary/aromatic N) is 2. The molecule has 0 aliphatic carbocycles. The summed E-state index contributed by atoms with van der Waals surface area (Å²) >= 11 is 6.82. The number of nitrogens with one attached hydrogen (secondary N) is 2. The maximum absolute atomic E-state index is 12.3. The first-order chi connectivity index (χ1) is 12.5. The lowest BCUT2D eigenvalue weighted by Crippen LogP contribution is -2.26. The standard InChI is InChI=1S/C18H15ClN4O2S/c1-11(12-6-3-2-4-7-12)20-15(24)17-22-23-18(26-17)16(25)21-14-9-5-8-13(19)10-14/h2-11H,1H3,(H,20,24)(H,21,25)/t11-/m0/s1. The van der Waals surface area contributed by atoms with Gasteiger partial charge in [-0.15, -0.1) is 10.2 Å². The minimum atomic E-state index is -0.445. The lowest BCUT2D eigenvalue weighted by atomic mass is 10.1. The molecular formula is C18H15ClN4O2S. The van der Waals surface area contributed by atoms with Crippen LogP contribution in [0.15, 0.2) is 54.6 Å². The molecule has 3 rings (SSSR count). The van der Waals surface area contributed by atoms with Gasteiger partial charge in [0.15, 0.2) is 0 Å². The molecule has 3 aromatic rings. The maximum Gasteiger partial charge on any atom is 0.286 e. The lowest BCUT2D eigenvalue weighted by Gasteiger charge is -2.12. The van der Waals surface area contributed by atoms with Gasteiger partial charge in [-0.3, -0.25) is 9.59 Å². The summed E-state index contributed by atoms with van der Waals surface area (Å²) in [6.45, 7) is 1.88. The quantitative estimate of drug-likeness (QED) is 0.695. The molecule has 2 amide bonds. The molecule has 0 fully saturated rings. The van der Waals surface area contributed by atoms with E-state index in [1.54, 1.807) is 24.3 Å². The molecule has 2 N–H and O–H groups in total. The fraction of sp³-hybridized carbons (Fsp3) is 0.111. The van der Waals surface area contributed by atoms with Crippen LogP contribution in [0.4, 0.5) is 5.69 Å². The van der Waals surface area contributed by atoms with Crippen LogP contribution in [0, 0.1) is 0 Å². The summed E-state index contributed by atoms with van der Waals surface area (Å²) in [7, 11) is 0. The normalized spacial score (nSPS) is 11.6. The van der Waals surface area contributed by atoms with E-state index in [4.69, 9.17) is 11.6 Å². The van der Waals surface area contributed by atoms with Crippen LogP contribution in [0.5, 0.6) is 0 Å². The number of benzene rings is 2. The van der Waals surface area contributed by atoms with Gasteiger partial charge in [0.2, 0.25) is 10.0 Å². The maximum atomic E-state index is 12.3. The van der Waals surface area contributed by atoms with Gasteiger partial charge < -0.3 is 10.6 Å². The summed E-state index contributed by atoms with van der Waals surface area (Å²) in [5, 5.41) is 13.9. The van der Waals surface area contributed by atoms with Crippen molar-refractivity contribution < 1.29 is 9.59 Å². The van der Waals surface area contributed by atoms with Crippen LogP contribution >= 0.6 is 22.9 Å². The largest absolute Gasteiger partial charge is 0.343 e. The monoisotopic (exact) mass is 386 g/mol. The third kappa shape index (κ3) is 4.44. The van der Waals surface area contributed by atoms with E-state index in [0.717, 1.165) is 16.9 Å². The Hall–Kier alpha value is -2.77. The van der Waals surface area contributed by atoms with Crippen molar-refractivity contribution in [1.82, 2.24) is 15.5 Å². The van der Waals surface area contributed by atoms with Crippen molar-refractivity contribution in [3.05, 3.63) is 75.2 Å². The van der Waals surface area contributed by atoms with E-state index >= 15 is 0 Å². The van der Waals surface area contributed by atoms with Crippen molar-refractivity contribution in [2.45, 2.75) is 13.0 Å². The van der Waals surface area contributed by atoms with Crippen molar-refractivity contribution in [2.75, 3.05) is 5.32 Å². The molecule has 0 unspecified atom stereocenters. The summed E-state index contributed by atoms with van der Waals surface area (Å²) < 4.78 is 0. The van der Waals surface area contributed by atoms with Crippen LogP contribution in [0.1, 0.15) is 38.1 Å². The number of anilines is 1. The average Bonchev–Trinajstić information content (AvgIpc) is 3.13. The molecule has 132 valence electrons. The van der Waals surface area contributed by atoms with Crippen LogP contribution < -0.4 is 10.6 Å². The zero-order chi connectivity index (χ0) is 18.5. The molecule has 2 aromatic carbocycles. The van der Waals surface area contributed by atoms with Gasteiger partial charge in [0.1, 0.15) is 0 Å². The van der Waals surface area contributed by atoms with Crippen LogP contribution in [0.3, 0.4) is 0 Å². The zero-order valence-corrected chi connectivity index (χ0v) is 15.3. The first-order valence-corrected chi connectivity index (χ1v) is 8.98. The second-order valence-electron chi connectivity index (χ2n) is 5.48. The highest BCUT2D eigenvalue weighted by Crippen LogP contribution is 2.18. The van der Waals surface area contributed by atoms with Gasteiger partial charge in [-0.2, -0.15) is 0 Å². The van der Waals surface area contributed by atoms with E-state index in [1.807, 2.05) is 37.3 Å². The van der Waals surface area contributed by atoms with E-state index in [2.05, 4.69) is 20.8 Å². The van der Waals surface area contributed by atoms with Gasteiger partial charge in [-0.25, -0.2) is 0 Å². The van der Waals surface area contributed by atoms with Crippen molar-refractivity contribution in [1.29, 1.82) is 0 Å². The summed E-state index contributed by atoms with van der Waals surface area (Å²) in [5.74, 6) is -0.819. The van der Waals surface area contributed by atoms with Crippen LogP contribution in [0.2, 0.25) is 5.02 Å². The van der Waals surface area contributed by atoms with E-state index in [1.165, 1.54) is 0 Å². The van der Waals surface area contributed by atoms with Crippen molar-refractivity contribution >= 4 is 40.4 Å². The number of halogens is 1. The third-order valence-corrected chi connectivity index (χ3v) is 4.70. The Labute approximate surface area is 159 Å². The Bertz CT molecular complexity index is 930. The minimum absolute atomic E-state index is 0.0995.